The lowest BCUT2D eigenvalue weighted by atomic mass is 10.1. The zero-order chi connectivity index (χ0) is 18.8. The van der Waals surface area contributed by atoms with E-state index in [-0.39, 0.29) is 0 Å². The molecule has 4 aromatic rings. The molecule has 1 aliphatic rings. The minimum atomic E-state index is 0.552. The van der Waals surface area contributed by atoms with Crippen LogP contribution in [0, 0.1) is 0 Å². The van der Waals surface area contributed by atoms with Gasteiger partial charge in [-0.3, -0.25) is 0 Å². The summed E-state index contributed by atoms with van der Waals surface area (Å²) in [5, 5.41) is 0. The molecule has 0 radical (unpaired) electrons. The number of nitrogens with zero attached hydrogens (tertiary/aromatic N) is 2. The topological polar surface area (TPSA) is 27.1 Å². The van der Waals surface area contributed by atoms with Crippen molar-refractivity contribution in [3.63, 3.8) is 0 Å². The first-order chi connectivity index (χ1) is 13.9. The molecule has 0 unspecified atom stereocenters. The average molecular weight is 368 g/mol. The van der Waals surface area contributed by atoms with Crippen molar-refractivity contribution >= 4 is 11.0 Å². The van der Waals surface area contributed by atoms with Crippen LogP contribution < -0.4 is 4.74 Å². The van der Waals surface area contributed by atoms with Gasteiger partial charge < -0.3 is 9.30 Å². The number of rotatable bonds is 5. The Labute approximate surface area is 165 Å². The maximum absolute atomic E-state index is 5.94. The van der Waals surface area contributed by atoms with E-state index in [1.54, 1.807) is 0 Å². The lowest BCUT2D eigenvalue weighted by Gasteiger charge is -2.16. The summed E-state index contributed by atoms with van der Waals surface area (Å²) in [7, 11) is 0. The van der Waals surface area contributed by atoms with Crippen molar-refractivity contribution in [3.8, 4) is 17.1 Å². The number of imidazole rings is 1. The van der Waals surface area contributed by atoms with E-state index in [9.17, 15) is 0 Å². The Morgan fingerprint density at radius 1 is 0.821 bits per heavy atom. The Kier molecular flexibility index (Phi) is 4.58. The molecular weight excluding hydrogens is 344 g/mol. The largest absolute Gasteiger partial charge is 0.489 e. The molecule has 0 spiro atoms. The van der Waals surface area contributed by atoms with Gasteiger partial charge in [-0.05, 0) is 54.8 Å². The summed E-state index contributed by atoms with van der Waals surface area (Å²) in [4.78, 5) is 4.97. The van der Waals surface area contributed by atoms with Crippen LogP contribution in [-0.2, 0) is 6.61 Å². The molecule has 3 aromatic carbocycles. The highest BCUT2D eigenvalue weighted by molar-refractivity contribution is 5.81. The highest BCUT2D eigenvalue weighted by atomic mass is 16.5. The summed E-state index contributed by atoms with van der Waals surface area (Å²) >= 11 is 0. The van der Waals surface area contributed by atoms with Gasteiger partial charge in [0.2, 0.25) is 0 Å². The molecule has 1 aliphatic carbocycles. The van der Waals surface area contributed by atoms with E-state index in [4.69, 9.17) is 9.72 Å². The van der Waals surface area contributed by atoms with Gasteiger partial charge in [0.15, 0.2) is 0 Å². The van der Waals surface area contributed by atoms with Gasteiger partial charge in [0.25, 0.3) is 0 Å². The molecule has 1 heterocycles. The molecule has 0 saturated heterocycles. The van der Waals surface area contributed by atoms with Crippen molar-refractivity contribution in [1.82, 2.24) is 9.55 Å². The quantitative estimate of drug-likeness (QED) is 0.408. The maximum atomic E-state index is 5.94. The monoisotopic (exact) mass is 368 g/mol. The minimum absolute atomic E-state index is 0.552. The lowest BCUT2D eigenvalue weighted by molar-refractivity contribution is 0.306. The molecule has 5 rings (SSSR count). The van der Waals surface area contributed by atoms with Crippen LogP contribution in [0.5, 0.6) is 5.75 Å². The van der Waals surface area contributed by atoms with Gasteiger partial charge >= 0.3 is 0 Å². The third-order valence-electron chi connectivity index (χ3n) is 5.65. The van der Waals surface area contributed by atoms with Crippen LogP contribution in [0.15, 0.2) is 78.9 Å². The predicted octanol–water partition coefficient (Wildman–Crippen LogP) is 6.40. The molecule has 28 heavy (non-hydrogen) atoms. The molecule has 0 amide bonds. The number of aromatic nitrogens is 2. The smallest absolute Gasteiger partial charge is 0.141 e. The SMILES string of the molecule is c1ccc(COc2ccc(-c3nc4ccccc4n3C3CCCC3)cc2)cc1. The van der Waals surface area contributed by atoms with Crippen LogP contribution in [-0.4, -0.2) is 9.55 Å². The average Bonchev–Trinajstić information content (AvgIpc) is 3.41. The van der Waals surface area contributed by atoms with Gasteiger partial charge in [0.1, 0.15) is 18.2 Å². The van der Waals surface area contributed by atoms with Gasteiger partial charge in [0.05, 0.1) is 11.0 Å². The van der Waals surface area contributed by atoms with Crippen molar-refractivity contribution in [2.24, 2.45) is 0 Å². The summed E-state index contributed by atoms with van der Waals surface area (Å²) in [6, 6.07) is 27.7. The zero-order valence-electron chi connectivity index (χ0n) is 15.9. The molecule has 1 saturated carbocycles. The van der Waals surface area contributed by atoms with Crippen LogP contribution in [0.25, 0.3) is 22.4 Å². The standard InChI is InChI=1S/C25H24N2O/c1-2-8-19(9-3-1)18-28-22-16-14-20(15-17-22)25-26-23-12-6-7-13-24(23)27(25)21-10-4-5-11-21/h1-3,6-9,12-17,21H,4-5,10-11,18H2. The molecule has 3 nitrogen and oxygen atoms in total. The number of fused-ring (bicyclic) bond motifs is 1. The van der Waals surface area contributed by atoms with Crippen LogP contribution in [0.4, 0.5) is 0 Å². The third-order valence-corrected chi connectivity index (χ3v) is 5.65. The zero-order valence-corrected chi connectivity index (χ0v) is 15.9. The minimum Gasteiger partial charge on any atom is -0.489 e. The molecule has 3 heteroatoms. The third kappa shape index (κ3) is 3.29. The van der Waals surface area contributed by atoms with E-state index in [1.807, 2.05) is 18.2 Å². The molecule has 0 aliphatic heterocycles. The van der Waals surface area contributed by atoms with Gasteiger partial charge in [-0.2, -0.15) is 0 Å². The van der Waals surface area contributed by atoms with E-state index in [0.29, 0.717) is 12.6 Å². The molecular formula is C25H24N2O. The van der Waals surface area contributed by atoms with E-state index in [1.165, 1.54) is 36.8 Å². The van der Waals surface area contributed by atoms with Crippen molar-refractivity contribution in [3.05, 3.63) is 84.4 Å². The van der Waals surface area contributed by atoms with Crippen LogP contribution in [0.2, 0.25) is 0 Å². The normalized spacial score (nSPS) is 14.6. The van der Waals surface area contributed by atoms with Crippen molar-refractivity contribution in [1.29, 1.82) is 0 Å². The molecule has 1 aromatic heterocycles. The van der Waals surface area contributed by atoms with E-state index < -0.39 is 0 Å². The number of para-hydroxylation sites is 2. The van der Waals surface area contributed by atoms with Crippen LogP contribution in [0.3, 0.4) is 0 Å². The second-order valence-electron chi connectivity index (χ2n) is 7.53. The number of ether oxygens (including phenoxy) is 1. The fourth-order valence-corrected chi connectivity index (χ4v) is 4.22. The number of hydrogen-bond acceptors (Lipinski definition) is 2. The first kappa shape index (κ1) is 17.1. The van der Waals surface area contributed by atoms with E-state index >= 15 is 0 Å². The summed E-state index contributed by atoms with van der Waals surface area (Å²) in [6.07, 6.45) is 5.10. The fraction of sp³-hybridized carbons (Fsp3) is 0.240. The molecule has 1 fully saturated rings. The highest BCUT2D eigenvalue weighted by Gasteiger charge is 2.23. The second-order valence-corrected chi connectivity index (χ2v) is 7.53. The highest BCUT2D eigenvalue weighted by Crippen LogP contribution is 2.37. The van der Waals surface area contributed by atoms with E-state index in [2.05, 4.69) is 65.2 Å². The summed E-state index contributed by atoms with van der Waals surface area (Å²) < 4.78 is 8.41. The maximum Gasteiger partial charge on any atom is 0.141 e. The Morgan fingerprint density at radius 3 is 2.32 bits per heavy atom. The Hall–Kier alpha value is -3.07. The summed E-state index contributed by atoms with van der Waals surface area (Å²) in [5.41, 5.74) is 4.65. The van der Waals surface area contributed by atoms with Gasteiger partial charge in [-0.25, -0.2) is 4.98 Å². The van der Waals surface area contributed by atoms with Gasteiger partial charge in [-0.1, -0.05) is 55.3 Å². The summed E-state index contributed by atoms with van der Waals surface area (Å²) in [5.74, 6) is 1.96. The van der Waals surface area contributed by atoms with E-state index in [0.717, 1.165) is 22.7 Å². The van der Waals surface area contributed by atoms with Gasteiger partial charge in [0, 0.05) is 11.6 Å². The lowest BCUT2D eigenvalue weighted by Crippen LogP contribution is -2.06. The van der Waals surface area contributed by atoms with Crippen molar-refractivity contribution in [2.45, 2.75) is 38.3 Å². The molecule has 140 valence electrons. The van der Waals surface area contributed by atoms with Crippen LogP contribution >= 0.6 is 0 Å². The molecule has 0 bridgehead atoms. The first-order valence-corrected chi connectivity index (χ1v) is 10.1. The Balaban J connectivity index is 1.44. The Morgan fingerprint density at radius 2 is 1.54 bits per heavy atom. The molecule has 0 atom stereocenters. The van der Waals surface area contributed by atoms with Gasteiger partial charge in [-0.15, -0.1) is 0 Å². The van der Waals surface area contributed by atoms with Crippen molar-refractivity contribution < 1.29 is 4.74 Å². The first-order valence-electron chi connectivity index (χ1n) is 10.1. The number of hydrogen-bond donors (Lipinski definition) is 0. The Bertz CT molecular complexity index is 1060. The second kappa shape index (κ2) is 7.51. The fourth-order valence-electron chi connectivity index (χ4n) is 4.22. The molecule has 0 N–H and O–H groups in total. The number of benzene rings is 3. The van der Waals surface area contributed by atoms with Crippen LogP contribution in [0.1, 0.15) is 37.3 Å². The van der Waals surface area contributed by atoms with Crippen molar-refractivity contribution in [2.75, 3.05) is 0 Å². The predicted molar refractivity (Wildman–Crippen MR) is 113 cm³/mol. The summed E-state index contributed by atoms with van der Waals surface area (Å²) in [6.45, 7) is 0.584.